The van der Waals surface area contributed by atoms with Gasteiger partial charge in [0.25, 0.3) is 10.0 Å². The lowest BCUT2D eigenvalue weighted by Gasteiger charge is -2.24. The van der Waals surface area contributed by atoms with Gasteiger partial charge >= 0.3 is 0 Å². The summed E-state index contributed by atoms with van der Waals surface area (Å²) in [6.07, 6.45) is 2.22. The molecule has 5 nitrogen and oxygen atoms in total. The number of hydrogen-bond acceptors (Lipinski definition) is 3. The van der Waals surface area contributed by atoms with Crippen LogP contribution >= 0.6 is 15.9 Å². The van der Waals surface area contributed by atoms with Crippen molar-refractivity contribution in [2.24, 2.45) is 0 Å². The molecule has 0 aliphatic rings. The van der Waals surface area contributed by atoms with Crippen LogP contribution in [0.15, 0.2) is 17.3 Å². The standard InChI is InChI=1S/C9H16BrN3O2S/c1-8(2)13(7-3-5-10)16(14,15)9-4-6-11-12-9/h4,6,8H,3,5,7H2,1-2H3,(H,11,12). The van der Waals surface area contributed by atoms with Gasteiger partial charge in [0.2, 0.25) is 0 Å². The van der Waals surface area contributed by atoms with Gasteiger partial charge in [-0.2, -0.15) is 9.40 Å². The molecule has 0 aliphatic heterocycles. The van der Waals surface area contributed by atoms with Crippen molar-refractivity contribution >= 4 is 26.0 Å². The summed E-state index contributed by atoms with van der Waals surface area (Å²) in [5.41, 5.74) is 0. The number of halogens is 1. The van der Waals surface area contributed by atoms with Crippen molar-refractivity contribution in [3.05, 3.63) is 12.3 Å². The minimum absolute atomic E-state index is 0.0626. The first kappa shape index (κ1) is 13.7. The number of alkyl halides is 1. The topological polar surface area (TPSA) is 66.1 Å². The van der Waals surface area contributed by atoms with Crippen LogP contribution < -0.4 is 0 Å². The summed E-state index contributed by atoms with van der Waals surface area (Å²) in [5, 5.41) is 7.10. The number of aromatic amines is 1. The molecule has 0 spiro atoms. The zero-order valence-corrected chi connectivity index (χ0v) is 11.8. The Bertz CT molecular complexity index is 402. The van der Waals surface area contributed by atoms with Gasteiger partial charge in [0.15, 0.2) is 5.03 Å². The van der Waals surface area contributed by atoms with Gasteiger partial charge in [-0.05, 0) is 26.3 Å². The molecule has 1 rings (SSSR count). The van der Waals surface area contributed by atoms with Crippen molar-refractivity contribution in [2.75, 3.05) is 11.9 Å². The summed E-state index contributed by atoms with van der Waals surface area (Å²) in [6.45, 7) is 4.23. The monoisotopic (exact) mass is 309 g/mol. The van der Waals surface area contributed by atoms with E-state index >= 15 is 0 Å². The second-order valence-corrected chi connectivity index (χ2v) is 6.32. The summed E-state index contributed by atoms with van der Waals surface area (Å²) in [5.74, 6) is 0. The predicted molar refractivity (Wildman–Crippen MR) is 66.0 cm³/mol. The number of nitrogens with one attached hydrogen (secondary N) is 1. The molecule has 0 saturated carbocycles. The lowest BCUT2D eigenvalue weighted by atomic mass is 10.4. The third kappa shape index (κ3) is 3.05. The molecule has 0 saturated heterocycles. The third-order valence-corrected chi connectivity index (χ3v) is 4.72. The van der Waals surface area contributed by atoms with Gasteiger partial charge in [-0.25, -0.2) is 8.42 Å². The Morgan fingerprint density at radius 3 is 2.69 bits per heavy atom. The molecule has 7 heteroatoms. The molecule has 0 bridgehead atoms. The fourth-order valence-electron chi connectivity index (χ4n) is 1.38. The van der Waals surface area contributed by atoms with E-state index < -0.39 is 10.0 Å². The molecule has 92 valence electrons. The van der Waals surface area contributed by atoms with Gasteiger partial charge in [-0.15, -0.1) is 0 Å². The highest BCUT2D eigenvalue weighted by molar-refractivity contribution is 9.09. The molecule has 1 N–H and O–H groups in total. The predicted octanol–water partition coefficient (Wildman–Crippen LogP) is 1.59. The molecule has 0 atom stereocenters. The SMILES string of the molecule is CC(C)N(CCCBr)S(=O)(=O)c1ccn[nH]1. The molecule has 0 aliphatic carbocycles. The third-order valence-electron chi connectivity index (χ3n) is 2.15. The molecule has 1 heterocycles. The minimum atomic E-state index is -3.43. The summed E-state index contributed by atoms with van der Waals surface area (Å²) >= 11 is 3.30. The molecular weight excluding hydrogens is 294 g/mol. The molecule has 0 amide bonds. The summed E-state index contributed by atoms with van der Waals surface area (Å²) in [6, 6.07) is 1.41. The second kappa shape index (κ2) is 5.79. The number of sulfonamides is 1. The molecule has 0 radical (unpaired) electrons. The number of hydrogen-bond donors (Lipinski definition) is 1. The first-order valence-electron chi connectivity index (χ1n) is 5.07. The summed E-state index contributed by atoms with van der Waals surface area (Å²) < 4.78 is 25.8. The Hall–Kier alpha value is -0.400. The van der Waals surface area contributed by atoms with E-state index in [9.17, 15) is 8.42 Å². The molecule has 1 aromatic heterocycles. The fraction of sp³-hybridized carbons (Fsp3) is 0.667. The molecular formula is C9H16BrN3O2S. The average Bonchev–Trinajstić information content (AvgIpc) is 2.70. The quantitative estimate of drug-likeness (QED) is 0.812. The number of H-pyrrole nitrogens is 1. The largest absolute Gasteiger partial charge is 0.266 e. The van der Waals surface area contributed by atoms with Gasteiger partial charge in [-0.3, -0.25) is 5.10 Å². The maximum absolute atomic E-state index is 12.2. The zero-order chi connectivity index (χ0) is 12.2. The van der Waals surface area contributed by atoms with Crippen LogP contribution in [0.5, 0.6) is 0 Å². The van der Waals surface area contributed by atoms with Crippen LogP contribution in [-0.2, 0) is 10.0 Å². The van der Waals surface area contributed by atoms with Gasteiger partial charge < -0.3 is 0 Å². The highest BCUT2D eigenvalue weighted by Crippen LogP contribution is 2.16. The maximum Gasteiger partial charge on any atom is 0.260 e. The highest BCUT2D eigenvalue weighted by atomic mass is 79.9. The molecule has 1 aromatic rings. The Labute approximate surface area is 104 Å². The van der Waals surface area contributed by atoms with Gasteiger partial charge in [0.05, 0.1) is 6.20 Å². The van der Waals surface area contributed by atoms with E-state index in [-0.39, 0.29) is 11.1 Å². The van der Waals surface area contributed by atoms with E-state index in [2.05, 4.69) is 26.1 Å². The molecule has 0 aromatic carbocycles. The van der Waals surface area contributed by atoms with Crippen LogP contribution in [-0.4, -0.2) is 40.8 Å². The number of rotatable bonds is 6. The van der Waals surface area contributed by atoms with Crippen LogP contribution in [0.3, 0.4) is 0 Å². The van der Waals surface area contributed by atoms with Crippen molar-refractivity contribution in [2.45, 2.75) is 31.3 Å². The van der Waals surface area contributed by atoms with Crippen molar-refractivity contribution in [1.82, 2.24) is 14.5 Å². The Balaban J connectivity index is 2.94. The van der Waals surface area contributed by atoms with Crippen LogP contribution in [0.1, 0.15) is 20.3 Å². The van der Waals surface area contributed by atoms with Crippen LogP contribution in [0.25, 0.3) is 0 Å². The van der Waals surface area contributed by atoms with E-state index in [0.29, 0.717) is 6.54 Å². The lowest BCUT2D eigenvalue weighted by molar-refractivity contribution is 0.354. The van der Waals surface area contributed by atoms with Gasteiger partial charge in [0.1, 0.15) is 0 Å². The Kier molecular flexibility index (Phi) is 4.94. The summed E-state index contributed by atoms with van der Waals surface area (Å²) in [4.78, 5) is 0. The van der Waals surface area contributed by atoms with Gasteiger partial charge in [0, 0.05) is 17.9 Å². The van der Waals surface area contributed by atoms with Gasteiger partial charge in [-0.1, -0.05) is 15.9 Å². The fourth-order valence-corrected chi connectivity index (χ4v) is 3.21. The smallest absolute Gasteiger partial charge is 0.260 e. The molecule has 16 heavy (non-hydrogen) atoms. The van der Waals surface area contributed by atoms with E-state index in [1.807, 2.05) is 13.8 Å². The van der Waals surface area contributed by atoms with Crippen LogP contribution in [0.4, 0.5) is 0 Å². The van der Waals surface area contributed by atoms with Crippen LogP contribution in [0.2, 0.25) is 0 Å². The van der Waals surface area contributed by atoms with E-state index in [1.165, 1.54) is 16.6 Å². The Morgan fingerprint density at radius 1 is 1.56 bits per heavy atom. The van der Waals surface area contributed by atoms with E-state index in [4.69, 9.17) is 0 Å². The second-order valence-electron chi connectivity index (χ2n) is 3.67. The lowest BCUT2D eigenvalue weighted by Crippen LogP contribution is -2.38. The number of nitrogens with zero attached hydrogens (tertiary/aromatic N) is 2. The first-order chi connectivity index (χ1) is 7.50. The van der Waals surface area contributed by atoms with Crippen molar-refractivity contribution in [3.63, 3.8) is 0 Å². The first-order valence-corrected chi connectivity index (χ1v) is 7.63. The van der Waals surface area contributed by atoms with Crippen molar-refractivity contribution in [1.29, 1.82) is 0 Å². The van der Waals surface area contributed by atoms with Crippen molar-refractivity contribution < 1.29 is 8.42 Å². The van der Waals surface area contributed by atoms with E-state index in [0.717, 1.165) is 11.8 Å². The van der Waals surface area contributed by atoms with E-state index in [1.54, 1.807) is 0 Å². The summed E-state index contributed by atoms with van der Waals surface area (Å²) in [7, 11) is -3.43. The van der Waals surface area contributed by atoms with Crippen molar-refractivity contribution in [3.8, 4) is 0 Å². The number of aromatic nitrogens is 2. The van der Waals surface area contributed by atoms with Crippen LogP contribution in [0, 0.1) is 0 Å². The zero-order valence-electron chi connectivity index (χ0n) is 9.35. The maximum atomic E-state index is 12.2. The molecule has 0 unspecified atom stereocenters. The normalized spacial score (nSPS) is 12.6. The molecule has 0 fully saturated rings. The Morgan fingerprint density at radius 2 is 2.25 bits per heavy atom. The highest BCUT2D eigenvalue weighted by Gasteiger charge is 2.27. The minimum Gasteiger partial charge on any atom is -0.266 e. The average molecular weight is 310 g/mol.